The van der Waals surface area contributed by atoms with E-state index < -0.39 is 0 Å². The second-order valence-corrected chi connectivity index (χ2v) is 7.72. The minimum Gasteiger partial charge on any atom is -0.338 e. The number of carbonyl (C=O) groups is 1. The van der Waals surface area contributed by atoms with Crippen LogP contribution in [0.3, 0.4) is 0 Å². The van der Waals surface area contributed by atoms with Gasteiger partial charge in [-0.3, -0.25) is 9.78 Å². The molecule has 0 saturated carbocycles. The number of hydrogen-bond acceptors (Lipinski definition) is 4. The van der Waals surface area contributed by atoms with E-state index in [2.05, 4.69) is 29.2 Å². The van der Waals surface area contributed by atoms with E-state index in [1.54, 1.807) is 6.20 Å². The van der Waals surface area contributed by atoms with E-state index in [4.69, 9.17) is 5.73 Å². The van der Waals surface area contributed by atoms with E-state index in [1.165, 1.54) is 16.9 Å². The van der Waals surface area contributed by atoms with E-state index >= 15 is 0 Å². The van der Waals surface area contributed by atoms with Gasteiger partial charge in [0.25, 0.3) is 5.91 Å². The molecule has 2 aromatic heterocycles. The summed E-state index contributed by atoms with van der Waals surface area (Å²) >= 11 is 1.52. The molecule has 1 fully saturated rings. The fourth-order valence-electron chi connectivity index (χ4n) is 3.67. The van der Waals surface area contributed by atoms with Gasteiger partial charge in [-0.25, -0.2) is 0 Å². The van der Waals surface area contributed by atoms with Crippen LogP contribution in [0.4, 0.5) is 0 Å². The average Bonchev–Trinajstić information content (AvgIpc) is 3.12. The molecule has 25 heavy (non-hydrogen) atoms. The van der Waals surface area contributed by atoms with Crippen molar-refractivity contribution >= 4 is 27.5 Å². The Hall–Kier alpha value is -2.24. The van der Waals surface area contributed by atoms with Gasteiger partial charge in [0, 0.05) is 31.2 Å². The van der Waals surface area contributed by atoms with Gasteiger partial charge >= 0.3 is 0 Å². The van der Waals surface area contributed by atoms with Crippen LogP contribution in [0.5, 0.6) is 0 Å². The Bertz CT molecular complexity index is 849. The highest BCUT2D eigenvalue weighted by molar-refractivity contribution is 7.20. The number of amides is 1. The smallest absolute Gasteiger partial charge is 0.264 e. The summed E-state index contributed by atoms with van der Waals surface area (Å²) in [5, 5.41) is 0. The lowest BCUT2D eigenvalue weighted by molar-refractivity contribution is 0.0675. The lowest BCUT2D eigenvalue weighted by Crippen LogP contribution is -2.48. The minimum absolute atomic E-state index is 0.0141. The Morgan fingerprint density at radius 3 is 2.60 bits per heavy atom. The third kappa shape index (κ3) is 2.94. The fraction of sp³-hybridized carbons (Fsp3) is 0.300. The van der Waals surface area contributed by atoms with E-state index in [0.717, 1.165) is 41.0 Å². The Morgan fingerprint density at radius 1 is 1.16 bits per heavy atom. The molecule has 0 radical (unpaired) electrons. The first kappa shape index (κ1) is 16.2. The van der Waals surface area contributed by atoms with Crippen LogP contribution in [-0.4, -0.2) is 35.4 Å². The van der Waals surface area contributed by atoms with Gasteiger partial charge in [-0.05, 0) is 36.6 Å². The van der Waals surface area contributed by atoms with E-state index in [9.17, 15) is 4.79 Å². The number of nitrogens with zero attached hydrogens (tertiary/aromatic N) is 2. The van der Waals surface area contributed by atoms with Crippen molar-refractivity contribution in [3.05, 3.63) is 65.2 Å². The van der Waals surface area contributed by atoms with Crippen LogP contribution < -0.4 is 5.73 Å². The zero-order valence-corrected chi connectivity index (χ0v) is 14.8. The molecule has 0 bridgehead atoms. The molecule has 0 unspecified atom stereocenters. The van der Waals surface area contributed by atoms with Gasteiger partial charge in [-0.15, -0.1) is 11.3 Å². The molecule has 128 valence electrons. The van der Waals surface area contributed by atoms with Crippen LogP contribution in [0.1, 0.15) is 28.1 Å². The number of piperidine rings is 1. The quantitative estimate of drug-likeness (QED) is 0.786. The molecule has 3 heterocycles. The molecule has 1 saturated heterocycles. The van der Waals surface area contributed by atoms with Crippen LogP contribution >= 0.6 is 11.3 Å². The van der Waals surface area contributed by atoms with E-state index in [0.29, 0.717) is 6.54 Å². The Labute approximate surface area is 151 Å². The predicted molar refractivity (Wildman–Crippen MR) is 102 cm³/mol. The first-order valence-electron chi connectivity index (χ1n) is 8.61. The van der Waals surface area contributed by atoms with Crippen molar-refractivity contribution in [2.75, 3.05) is 19.6 Å². The number of hydrogen-bond donors (Lipinski definition) is 1. The topological polar surface area (TPSA) is 59.2 Å². The number of rotatable bonds is 3. The molecule has 2 N–H and O–H groups in total. The second kappa shape index (κ2) is 6.58. The monoisotopic (exact) mass is 351 g/mol. The third-order valence-corrected chi connectivity index (χ3v) is 6.36. The molecule has 0 atom stereocenters. The lowest BCUT2D eigenvalue weighted by atomic mass is 9.73. The SMILES string of the molecule is NCC1(c2ccccc2)CCN(C(=O)c2cc3ncccc3s2)CC1. The number of carbonyl (C=O) groups excluding carboxylic acids is 1. The van der Waals surface area contributed by atoms with Crippen molar-refractivity contribution in [2.24, 2.45) is 5.73 Å². The van der Waals surface area contributed by atoms with Crippen molar-refractivity contribution in [1.82, 2.24) is 9.88 Å². The van der Waals surface area contributed by atoms with Crippen molar-refractivity contribution in [3.63, 3.8) is 0 Å². The first-order chi connectivity index (χ1) is 12.2. The molecule has 3 aromatic rings. The van der Waals surface area contributed by atoms with E-state index in [1.807, 2.05) is 29.2 Å². The number of benzene rings is 1. The second-order valence-electron chi connectivity index (χ2n) is 6.64. The summed E-state index contributed by atoms with van der Waals surface area (Å²) in [6, 6.07) is 16.3. The lowest BCUT2D eigenvalue weighted by Gasteiger charge is -2.41. The predicted octanol–water partition coefficient (Wildman–Crippen LogP) is 3.43. The molecule has 1 aliphatic rings. The highest BCUT2D eigenvalue weighted by Crippen LogP contribution is 2.35. The number of nitrogens with two attached hydrogens (primary N) is 1. The standard InChI is InChI=1S/C20H21N3OS/c21-14-20(15-5-2-1-3-6-15)8-11-23(12-9-20)19(24)18-13-16-17(25-18)7-4-10-22-16/h1-7,10,13H,8-9,11-12,14,21H2. The molecule has 4 rings (SSSR count). The molecule has 5 heteroatoms. The van der Waals surface area contributed by atoms with Crippen molar-refractivity contribution in [3.8, 4) is 0 Å². The van der Waals surface area contributed by atoms with Gasteiger partial charge in [0.2, 0.25) is 0 Å². The van der Waals surface area contributed by atoms with Gasteiger partial charge in [-0.2, -0.15) is 0 Å². The molecule has 4 nitrogen and oxygen atoms in total. The maximum absolute atomic E-state index is 12.9. The molecule has 0 aliphatic carbocycles. The van der Waals surface area contributed by atoms with E-state index in [-0.39, 0.29) is 11.3 Å². The van der Waals surface area contributed by atoms with Crippen LogP contribution in [0.15, 0.2) is 54.7 Å². The third-order valence-electron chi connectivity index (χ3n) is 5.28. The number of pyridine rings is 1. The maximum Gasteiger partial charge on any atom is 0.264 e. The molecule has 1 amide bonds. The van der Waals surface area contributed by atoms with Gasteiger partial charge < -0.3 is 10.6 Å². The van der Waals surface area contributed by atoms with Crippen LogP contribution in [-0.2, 0) is 5.41 Å². The number of aromatic nitrogens is 1. The van der Waals surface area contributed by atoms with Gasteiger partial charge in [0.15, 0.2) is 0 Å². The summed E-state index contributed by atoms with van der Waals surface area (Å²) in [5.74, 6) is 0.113. The summed E-state index contributed by atoms with van der Waals surface area (Å²) in [6.07, 6.45) is 3.57. The minimum atomic E-state index is -0.0141. The highest BCUT2D eigenvalue weighted by Gasteiger charge is 2.36. The molecular formula is C20H21N3OS. The fourth-order valence-corrected chi connectivity index (χ4v) is 4.66. The van der Waals surface area contributed by atoms with Crippen molar-refractivity contribution in [2.45, 2.75) is 18.3 Å². The highest BCUT2D eigenvalue weighted by atomic mass is 32.1. The zero-order chi connectivity index (χ0) is 17.3. The largest absolute Gasteiger partial charge is 0.338 e. The van der Waals surface area contributed by atoms with Crippen LogP contribution in [0.25, 0.3) is 10.2 Å². The Balaban J connectivity index is 1.52. The molecule has 1 aromatic carbocycles. The molecule has 0 spiro atoms. The van der Waals surface area contributed by atoms with Gasteiger partial charge in [0.05, 0.1) is 15.1 Å². The van der Waals surface area contributed by atoms with Gasteiger partial charge in [0.1, 0.15) is 0 Å². The summed E-state index contributed by atoms with van der Waals surface area (Å²) in [4.78, 5) is 19.9. The first-order valence-corrected chi connectivity index (χ1v) is 9.43. The number of thiophene rings is 1. The van der Waals surface area contributed by atoms with Gasteiger partial charge in [-0.1, -0.05) is 30.3 Å². The van der Waals surface area contributed by atoms with Crippen LogP contribution in [0, 0.1) is 0 Å². The average molecular weight is 351 g/mol. The molecule has 1 aliphatic heterocycles. The summed E-state index contributed by atoms with van der Waals surface area (Å²) in [5.41, 5.74) is 8.31. The Morgan fingerprint density at radius 2 is 1.92 bits per heavy atom. The molecular weight excluding hydrogens is 330 g/mol. The Kier molecular flexibility index (Phi) is 4.27. The normalized spacial score (nSPS) is 16.9. The summed E-state index contributed by atoms with van der Waals surface area (Å²) in [7, 11) is 0. The van der Waals surface area contributed by atoms with Crippen molar-refractivity contribution in [1.29, 1.82) is 0 Å². The number of likely N-dealkylation sites (tertiary alicyclic amines) is 1. The summed E-state index contributed by atoms with van der Waals surface area (Å²) < 4.78 is 1.06. The number of fused-ring (bicyclic) bond motifs is 1. The summed E-state index contributed by atoms with van der Waals surface area (Å²) in [6.45, 7) is 2.10. The van der Waals surface area contributed by atoms with Crippen LogP contribution in [0.2, 0.25) is 0 Å². The zero-order valence-electron chi connectivity index (χ0n) is 14.0. The maximum atomic E-state index is 12.9. The van der Waals surface area contributed by atoms with Crippen molar-refractivity contribution < 1.29 is 4.79 Å².